The van der Waals surface area contributed by atoms with Crippen molar-refractivity contribution < 1.29 is 5.11 Å². The number of nitrogens with zero attached hydrogens (tertiary/aromatic N) is 3. The number of aromatic nitrogens is 2. The minimum Gasteiger partial charge on any atom is -0.396 e. The molecule has 0 aliphatic heterocycles. The summed E-state index contributed by atoms with van der Waals surface area (Å²) in [6.45, 7) is 6.65. The van der Waals surface area contributed by atoms with Gasteiger partial charge in [0.05, 0.1) is 5.69 Å². The van der Waals surface area contributed by atoms with Crippen LogP contribution in [0, 0.1) is 0 Å². The van der Waals surface area contributed by atoms with Crippen molar-refractivity contribution in [2.45, 2.75) is 52.1 Å². The Balaban J connectivity index is 2.30. The van der Waals surface area contributed by atoms with Crippen LogP contribution in [0.3, 0.4) is 0 Å². The summed E-state index contributed by atoms with van der Waals surface area (Å²) in [5.74, 6) is 0. The summed E-state index contributed by atoms with van der Waals surface area (Å²) in [6, 6.07) is 2.59. The Labute approximate surface area is 111 Å². The molecule has 1 heterocycles. The SMILES string of the molecule is CCC(C)n1ccc(CN(C)CCCCCO)n1. The first kappa shape index (κ1) is 15.2. The third-order valence-electron chi connectivity index (χ3n) is 3.34. The largest absolute Gasteiger partial charge is 0.396 e. The highest BCUT2D eigenvalue weighted by molar-refractivity contribution is 4.99. The summed E-state index contributed by atoms with van der Waals surface area (Å²) >= 11 is 0. The van der Waals surface area contributed by atoms with Crippen LogP contribution in [-0.2, 0) is 6.54 Å². The van der Waals surface area contributed by atoms with Crippen LogP contribution in [-0.4, -0.2) is 40.0 Å². The van der Waals surface area contributed by atoms with E-state index in [1.807, 2.05) is 0 Å². The first-order valence-corrected chi connectivity index (χ1v) is 7.00. The van der Waals surface area contributed by atoms with E-state index in [0.29, 0.717) is 12.6 Å². The maximum absolute atomic E-state index is 8.72. The molecule has 4 heteroatoms. The van der Waals surface area contributed by atoms with Gasteiger partial charge in [0.15, 0.2) is 0 Å². The van der Waals surface area contributed by atoms with Gasteiger partial charge in [-0.25, -0.2) is 0 Å². The molecule has 1 rings (SSSR count). The van der Waals surface area contributed by atoms with E-state index >= 15 is 0 Å². The summed E-state index contributed by atoms with van der Waals surface area (Å²) in [7, 11) is 2.13. The summed E-state index contributed by atoms with van der Waals surface area (Å²) in [4.78, 5) is 2.29. The number of rotatable bonds is 9. The highest BCUT2D eigenvalue weighted by Gasteiger charge is 2.06. The van der Waals surface area contributed by atoms with Crippen LogP contribution in [0.4, 0.5) is 0 Å². The first-order chi connectivity index (χ1) is 8.67. The van der Waals surface area contributed by atoms with Gasteiger partial charge in [0.1, 0.15) is 0 Å². The van der Waals surface area contributed by atoms with Gasteiger partial charge in [0.2, 0.25) is 0 Å². The fourth-order valence-corrected chi connectivity index (χ4v) is 1.92. The number of hydrogen-bond donors (Lipinski definition) is 1. The molecule has 4 nitrogen and oxygen atoms in total. The molecule has 0 radical (unpaired) electrons. The molecule has 0 bridgehead atoms. The number of unbranched alkanes of at least 4 members (excludes halogenated alkanes) is 2. The van der Waals surface area contributed by atoms with Gasteiger partial charge in [-0.2, -0.15) is 5.10 Å². The van der Waals surface area contributed by atoms with Gasteiger partial charge in [-0.3, -0.25) is 4.68 Å². The monoisotopic (exact) mass is 253 g/mol. The average Bonchev–Trinajstić information content (AvgIpc) is 2.82. The highest BCUT2D eigenvalue weighted by Crippen LogP contribution is 2.10. The van der Waals surface area contributed by atoms with E-state index in [1.54, 1.807) is 0 Å². The Morgan fingerprint density at radius 1 is 1.39 bits per heavy atom. The molecule has 1 atom stereocenters. The van der Waals surface area contributed by atoms with Crippen LogP contribution in [0.15, 0.2) is 12.3 Å². The van der Waals surface area contributed by atoms with Crippen LogP contribution in [0.5, 0.6) is 0 Å². The lowest BCUT2D eigenvalue weighted by atomic mass is 10.2. The second-order valence-corrected chi connectivity index (χ2v) is 5.07. The molecule has 18 heavy (non-hydrogen) atoms. The van der Waals surface area contributed by atoms with E-state index in [0.717, 1.165) is 44.5 Å². The minimum atomic E-state index is 0.309. The zero-order chi connectivity index (χ0) is 13.4. The van der Waals surface area contributed by atoms with Crippen molar-refractivity contribution in [1.82, 2.24) is 14.7 Å². The molecule has 104 valence electrons. The first-order valence-electron chi connectivity index (χ1n) is 7.00. The highest BCUT2D eigenvalue weighted by atomic mass is 16.2. The van der Waals surface area contributed by atoms with Crippen molar-refractivity contribution >= 4 is 0 Å². The third kappa shape index (κ3) is 5.19. The predicted octanol–water partition coefficient (Wildman–Crippen LogP) is 2.45. The van der Waals surface area contributed by atoms with Gasteiger partial charge >= 0.3 is 0 Å². The van der Waals surface area contributed by atoms with Gasteiger partial charge in [0.25, 0.3) is 0 Å². The summed E-state index contributed by atoms with van der Waals surface area (Å²) < 4.78 is 2.05. The van der Waals surface area contributed by atoms with Crippen LogP contribution in [0.2, 0.25) is 0 Å². The topological polar surface area (TPSA) is 41.3 Å². The molecule has 0 spiro atoms. The van der Waals surface area contributed by atoms with Crippen molar-refractivity contribution in [3.05, 3.63) is 18.0 Å². The molecule has 0 aliphatic rings. The van der Waals surface area contributed by atoms with E-state index in [9.17, 15) is 0 Å². The Morgan fingerprint density at radius 2 is 2.17 bits per heavy atom. The minimum absolute atomic E-state index is 0.309. The van der Waals surface area contributed by atoms with E-state index < -0.39 is 0 Å². The fourth-order valence-electron chi connectivity index (χ4n) is 1.92. The molecule has 1 aromatic rings. The summed E-state index contributed by atoms with van der Waals surface area (Å²) in [5.41, 5.74) is 1.14. The van der Waals surface area contributed by atoms with Crippen molar-refractivity contribution in [1.29, 1.82) is 0 Å². The molecule has 0 fully saturated rings. The molecule has 1 aromatic heterocycles. The second kappa shape index (κ2) is 8.27. The lowest BCUT2D eigenvalue weighted by Crippen LogP contribution is -2.19. The van der Waals surface area contributed by atoms with E-state index in [4.69, 9.17) is 5.11 Å². The Kier molecular flexibility index (Phi) is 6.98. The van der Waals surface area contributed by atoms with E-state index in [1.165, 1.54) is 0 Å². The standard InChI is InChI=1S/C14H27N3O/c1-4-13(2)17-10-8-14(15-17)12-16(3)9-6-5-7-11-18/h8,10,13,18H,4-7,9,11-12H2,1-3H3. The van der Waals surface area contributed by atoms with Crippen molar-refractivity contribution in [3.8, 4) is 0 Å². The molecular weight excluding hydrogens is 226 g/mol. The van der Waals surface area contributed by atoms with Crippen molar-refractivity contribution in [3.63, 3.8) is 0 Å². The van der Waals surface area contributed by atoms with Gasteiger partial charge in [-0.05, 0) is 52.3 Å². The van der Waals surface area contributed by atoms with Gasteiger partial charge < -0.3 is 10.0 Å². The molecule has 0 aliphatic carbocycles. The lowest BCUT2D eigenvalue weighted by molar-refractivity contribution is 0.270. The smallest absolute Gasteiger partial charge is 0.0764 e. The quantitative estimate of drug-likeness (QED) is 0.687. The fraction of sp³-hybridized carbons (Fsp3) is 0.786. The molecule has 1 unspecified atom stereocenters. The number of hydrogen-bond acceptors (Lipinski definition) is 3. The maximum Gasteiger partial charge on any atom is 0.0764 e. The second-order valence-electron chi connectivity index (χ2n) is 5.07. The molecule has 0 saturated carbocycles. The maximum atomic E-state index is 8.72. The molecule has 0 amide bonds. The Bertz CT molecular complexity index is 325. The zero-order valence-electron chi connectivity index (χ0n) is 12.0. The van der Waals surface area contributed by atoms with Gasteiger partial charge in [0, 0.05) is 25.4 Å². The van der Waals surface area contributed by atoms with Crippen LogP contribution in [0.1, 0.15) is 51.3 Å². The number of aliphatic hydroxyl groups is 1. The van der Waals surface area contributed by atoms with E-state index in [2.05, 4.69) is 47.8 Å². The van der Waals surface area contributed by atoms with Crippen LogP contribution >= 0.6 is 0 Å². The van der Waals surface area contributed by atoms with Crippen LogP contribution < -0.4 is 0 Å². The summed E-state index contributed by atoms with van der Waals surface area (Å²) in [5, 5.41) is 13.3. The predicted molar refractivity (Wildman–Crippen MR) is 74.5 cm³/mol. The Morgan fingerprint density at radius 3 is 2.83 bits per heavy atom. The molecular formula is C14H27N3O. The van der Waals surface area contributed by atoms with Crippen LogP contribution in [0.25, 0.3) is 0 Å². The molecule has 0 aromatic carbocycles. The van der Waals surface area contributed by atoms with Crippen molar-refractivity contribution in [2.75, 3.05) is 20.2 Å². The molecule has 0 saturated heterocycles. The van der Waals surface area contributed by atoms with E-state index in [-0.39, 0.29) is 0 Å². The Hall–Kier alpha value is -0.870. The average molecular weight is 253 g/mol. The summed E-state index contributed by atoms with van der Waals surface area (Å²) in [6.07, 6.45) is 6.34. The van der Waals surface area contributed by atoms with Gasteiger partial charge in [-0.1, -0.05) is 6.92 Å². The zero-order valence-corrected chi connectivity index (χ0v) is 12.0. The normalized spacial score (nSPS) is 13.2. The lowest BCUT2D eigenvalue weighted by Gasteiger charge is -2.15. The third-order valence-corrected chi connectivity index (χ3v) is 3.34. The number of aliphatic hydroxyl groups excluding tert-OH is 1. The van der Waals surface area contributed by atoms with Gasteiger partial charge in [-0.15, -0.1) is 0 Å². The molecule has 1 N–H and O–H groups in total. The van der Waals surface area contributed by atoms with Crippen molar-refractivity contribution in [2.24, 2.45) is 0 Å².